The Morgan fingerprint density at radius 1 is 1.53 bits per heavy atom. The van der Waals surface area contributed by atoms with Crippen LogP contribution in [0.1, 0.15) is 15.2 Å². The summed E-state index contributed by atoms with van der Waals surface area (Å²) in [4.78, 5) is 12.4. The van der Waals surface area contributed by atoms with E-state index >= 15 is 0 Å². The molecular weight excluding hydrogens is 279 g/mol. The van der Waals surface area contributed by atoms with Crippen LogP contribution in [0.2, 0.25) is 0 Å². The molecule has 0 aromatic carbocycles. The average Bonchev–Trinajstić information content (AvgIpc) is 2.85. The van der Waals surface area contributed by atoms with Gasteiger partial charge in [0, 0.05) is 6.20 Å². The Balaban J connectivity index is 2.04. The van der Waals surface area contributed by atoms with Crippen LogP contribution < -0.4 is 5.32 Å². The van der Waals surface area contributed by atoms with Gasteiger partial charge in [-0.2, -0.15) is 18.3 Å². The molecule has 0 aliphatic rings. The lowest BCUT2D eigenvalue weighted by atomic mass is 10.3. The minimum atomic E-state index is -4.34. The molecule has 2 aromatic heterocycles. The van der Waals surface area contributed by atoms with Gasteiger partial charge in [-0.1, -0.05) is 0 Å². The standard InChI is InChI=1S/C11H10F3N3OS/c1-7-2-3-19-9(7)10(18)16-8-4-15-17(5-8)6-11(12,13)14/h2-5H,6H2,1H3,(H,16,18). The number of thiophene rings is 1. The number of aromatic nitrogens is 2. The third kappa shape index (κ3) is 3.57. The Labute approximate surface area is 110 Å². The number of rotatable bonds is 3. The van der Waals surface area contributed by atoms with E-state index in [1.165, 1.54) is 17.5 Å². The highest BCUT2D eigenvalue weighted by Crippen LogP contribution is 2.20. The van der Waals surface area contributed by atoms with Gasteiger partial charge in [-0.05, 0) is 23.9 Å². The highest BCUT2D eigenvalue weighted by molar-refractivity contribution is 7.12. The number of alkyl halides is 3. The minimum absolute atomic E-state index is 0.238. The first kappa shape index (κ1) is 13.6. The van der Waals surface area contributed by atoms with Crippen LogP contribution in [0.15, 0.2) is 23.8 Å². The van der Waals surface area contributed by atoms with Crippen molar-refractivity contribution in [1.29, 1.82) is 0 Å². The minimum Gasteiger partial charge on any atom is -0.319 e. The summed E-state index contributed by atoms with van der Waals surface area (Å²) in [7, 11) is 0. The quantitative estimate of drug-likeness (QED) is 0.944. The second-order valence-electron chi connectivity index (χ2n) is 3.93. The average molecular weight is 289 g/mol. The van der Waals surface area contributed by atoms with Gasteiger partial charge in [0.1, 0.15) is 6.54 Å². The maximum absolute atomic E-state index is 12.1. The summed E-state index contributed by atoms with van der Waals surface area (Å²) in [6.45, 7) is 0.611. The monoisotopic (exact) mass is 289 g/mol. The number of halogens is 3. The summed E-state index contributed by atoms with van der Waals surface area (Å²) in [5.74, 6) is -0.348. The first-order chi connectivity index (χ1) is 8.85. The molecule has 2 aromatic rings. The fraction of sp³-hybridized carbons (Fsp3) is 0.273. The molecule has 0 atom stereocenters. The third-order valence-electron chi connectivity index (χ3n) is 2.30. The zero-order valence-electron chi connectivity index (χ0n) is 9.86. The van der Waals surface area contributed by atoms with Gasteiger partial charge >= 0.3 is 6.18 Å². The molecule has 0 saturated carbocycles. The van der Waals surface area contributed by atoms with Gasteiger partial charge < -0.3 is 5.32 Å². The SMILES string of the molecule is Cc1ccsc1C(=O)Nc1cnn(CC(F)(F)F)c1. The number of carbonyl (C=O) groups excluding carboxylic acids is 1. The fourth-order valence-corrected chi connectivity index (χ4v) is 2.31. The second kappa shape index (κ2) is 5.04. The van der Waals surface area contributed by atoms with Crippen LogP contribution in [0.25, 0.3) is 0 Å². The third-order valence-corrected chi connectivity index (χ3v) is 3.32. The van der Waals surface area contributed by atoms with E-state index in [4.69, 9.17) is 0 Å². The van der Waals surface area contributed by atoms with Crippen molar-refractivity contribution in [2.45, 2.75) is 19.6 Å². The van der Waals surface area contributed by atoms with Gasteiger partial charge in [-0.3, -0.25) is 9.48 Å². The number of nitrogens with zero attached hydrogens (tertiary/aromatic N) is 2. The smallest absolute Gasteiger partial charge is 0.319 e. The number of nitrogens with one attached hydrogen (secondary N) is 1. The van der Waals surface area contributed by atoms with E-state index in [-0.39, 0.29) is 11.6 Å². The van der Waals surface area contributed by atoms with E-state index in [0.717, 1.165) is 16.4 Å². The summed E-state index contributed by atoms with van der Waals surface area (Å²) < 4.78 is 37.2. The predicted molar refractivity (Wildman–Crippen MR) is 65.3 cm³/mol. The molecule has 0 saturated heterocycles. The molecule has 1 amide bonds. The number of anilines is 1. The molecule has 1 N–H and O–H groups in total. The number of aryl methyl sites for hydroxylation is 1. The maximum atomic E-state index is 12.1. The van der Waals surface area contributed by atoms with Crippen molar-refractivity contribution in [1.82, 2.24) is 9.78 Å². The summed E-state index contributed by atoms with van der Waals surface area (Å²) >= 11 is 1.27. The summed E-state index contributed by atoms with van der Waals surface area (Å²) in [5, 5.41) is 7.83. The maximum Gasteiger partial charge on any atom is 0.408 e. The Bertz CT molecular complexity index is 588. The van der Waals surface area contributed by atoms with E-state index < -0.39 is 12.7 Å². The highest BCUT2D eigenvalue weighted by atomic mass is 32.1. The molecular formula is C11H10F3N3OS. The van der Waals surface area contributed by atoms with Crippen molar-refractivity contribution in [3.63, 3.8) is 0 Å². The Kier molecular flexibility index (Phi) is 3.61. The van der Waals surface area contributed by atoms with Crippen LogP contribution in [0, 0.1) is 6.92 Å². The van der Waals surface area contributed by atoms with Gasteiger partial charge in [-0.15, -0.1) is 11.3 Å². The molecule has 0 fully saturated rings. The van der Waals surface area contributed by atoms with Crippen LogP contribution >= 0.6 is 11.3 Å². The summed E-state index contributed by atoms with van der Waals surface area (Å²) in [5.41, 5.74) is 1.06. The van der Waals surface area contributed by atoms with E-state index in [9.17, 15) is 18.0 Å². The Morgan fingerprint density at radius 3 is 2.84 bits per heavy atom. The van der Waals surface area contributed by atoms with E-state index in [1.54, 1.807) is 18.4 Å². The molecule has 2 rings (SSSR count). The Hall–Kier alpha value is -1.83. The van der Waals surface area contributed by atoms with Crippen LogP contribution in [-0.4, -0.2) is 21.9 Å². The number of hydrogen-bond donors (Lipinski definition) is 1. The number of amides is 1. The van der Waals surface area contributed by atoms with E-state index in [0.29, 0.717) is 4.88 Å². The van der Waals surface area contributed by atoms with Crippen LogP contribution in [0.3, 0.4) is 0 Å². The summed E-state index contributed by atoms with van der Waals surface area (Å²) in [6.07, 6.45) is -2.00. The molecule has 0 spiro atoms. The van der Waals surface area contributed by atoms with Gasteiger partial charge in [0.25, 0.3) is 5.91 Å². The lowest BCUT2D eigenvalue weighted by Crippen LogP contribution is -2.18. The first-order valence-corrected chi connectivity index (χ1v) is 6.18. The molecule has 0 bridgehead atoms. The predicted octanol–water partition coefficient (Wildman–Crippen LogP) is 3.07. The van der Waals surface area contributed by atoms with Crippen molar-refractivity contribution in [3.8, 4) is 0 Å². The van der Waals surface area contributed by atoms with Crippen LogP contribution in [0.5, 0.6) is 0 Å². The largest absolute Gasteiger partial charge is 0.408 e. The fourth-order valence-electron chi connectivity index (χ4n) is 1.49. The lowest BCUT2D eigenvalue weighted by Gasteiger charge is -2.05. The van der Waals surface area contributed by atoms with Gasteiger partial charge in [0.2, 0.25) is 0 Å². The zero-order valence-corrected chi connectivity index (χ0v) is 10.7. The molecule has 0 radical (unpaired) electrons. The molecule has 0 unspecified atom stereocenters. The van der Waals surface area contributed by atoms with Crippen LogP contribution in [-0.2, 0) is 6.54 Å². The molecule has 4 nitrogen and oxygen atoms in total. The van der Waals surface area contributed by atoms with Crippen molar-refractivity contribution in [2.24, 2.45) is 0 Å². The zero-order chi connectivity index (χ0) is 14.0. The molecule has 2 heterocycles. The topological polar surface area (TPSA) is 46.9 Å². The Morgan fingerprint density at radius 2 is 2.26 bits per heavy atom. The number of hydrogen-bond acceptors (Lipinski definition) is 3. The van der Waals surface area contributed by atoms with Crippen molar-refractivity contribution in [2.75, 3.05) is 5.32 Å². The summed E-state index contributed by atoms with van der Waals surface area (Å²) in [6, 6.07) is 1.80. The normalized spacial score (nSPS) is 11.6. The van der Waals surface area contributed by atoms with Crippen molar-refractivity contribution >= 4 is 22.9 Å². The van der Waals surface area contributed by atoms with Gasteiger partial charge in [0.15, 0.2) is 0 Å². The van der Waals surface area contributed by atoms with Crippen molar-refractivity contribution < 1.29 is 18.0 Å². The van der Waals surface area contributed by atoms with E-state index in [1.807, 2.05) is 0 Å². The van der Waals surface area contributed by atoms with E-state index in [2.05, 4.69) is 10.4 Å². The number of carbonyl (C=O) groups is 1. The van der Waals surface area contributed by atoms with Crippen molar-refractivity contribution in [3.05, 3.63) is 34.3 Å². The highest BCUT2D eigenvalue weighted by Gasteiger charge is 2.28. The molecule has 8 heteroatoms. The van der Waals surface area contributed by atoms with Crippen LogP contribution in [0.4, 0.5) is 18.9 Å². The second-order valence-corrected chi connectivity index (χ2v) is 4.84. The first-order valence-electron chi connectivity index (χ1n) is 5.30. The molecule has 0 aliphatic heterocycles. The molecule has 19 heavy (non-hydrogen) atoms. The van der Waals surface area contributed by atoms with Gasteiger partial charge in [-0.25, -0.2) is 0 Å². The van der Waals surface area contributed by atoms with Gasteiger partial charge in [0.05, 0.1) is 16.8 Å². The molecule has 102 valence electrons. The lowest BCUT2D eigenvalue weighted by molar-refractivity contribution is -0.142. The molecule has 0 aliphatic carbocycles.